The Morgan fingerprint density at radius 2 is 1.88 bits per heavy atom. The second-order valence-electron chi connectivity index (χ2n) is 7.98. The van der Waals surface area contributed by atoms with Crippen LogP contribution in [0.1, 0.15) is 50.5 Å². The minimum Gasteiger partial charge on any atom is -0.497 e. The summed E-state index contributed by atoms with van der Waals surface area (Å²) < 4.78 is 5.20. The SMILES string of the molecule is COc1ccc(CN2CCC(CNC(=O)CC3(O)CCCC3)CC2)cc1. The zero-order valence-corrected chi connectivity index (χ0v) is 15.9. The number of methoxy groups -OCH3 is 1. The van der Waals surface area contributed by atoms with Gasteiger partial charge in [-0.25, -0.2) is 0 Å². The molecule has 1 amide bonds. The van der Waals surface area contributed by atoms with Crippen molar-refractivity contribution < 1.29 is 14.6 Å². The third-order valence-electron chi connectivity index (χ3n) is 5.88. The molecule has 3 rings (SSSR count). The molecule has 1 aliphatic carbocycles. The topological polar surface area (TPSA) is 61.8 Å². The van der Waals surface area contributed by atoms with E-state index in [4.69, 9.17) is 4.74 Å². The lowest BCUT2D eigenvalue weighted by molar-refractivity contribution is -0.126. The fourth-order valence-electron chi connectivity index (χ4n) is 4.17. The van der Waals surface area contributed by atoms with Crippen molar-refractivity contribution in [1.29, 1.82) is 0 Å². The van der Waals surface area contributed by atoms with Gasteiger partial charge in [-0.3, -0.25) is 9.69 Å². The Morgan fingerprint density at radius 1 is 1.23 bits per heavy atom. The molecule has 0 aromatic heterocycles. The Balaban J connectivity index is 1.35. The van der Waals surface area contributed by atoms with Crippen LogP contribution in [-0.2, 0) is 11.3 Å². The Kier molecular flexibility index (Phi) is 6.54. The Labute approximate surface area is 156 Å². The van der Waals surface area contributed by atoms with Gasteiger partial charge in [0.2, 0.25) is 5.91 Å². The molecular formula is C21H32N2O3. The molecule has 1 aromatic carbocycles. The number of carbonyl (C=O) groups is 1. The third kappa shape index (κ3) is 5.45. The predicted molar refractivity (Wildman–Crippen MR) is 102 cm³/mol. The molecule has 2 fully saturated rings. The third-order valence-corrected chi connectivity index (χ3v) is 5.88. The zero-order chi connectivity index (χ0) is 18.4. The minimum atomic E-state index is -0.744. The van der Waals surface area contributed by atoms with Gasteiger partial charge in [0.05, 0.1) is 19.1 Å². The van der Waals surface area contributed by atoms with Crippen molar-refractivity contribution in [2.24, 2.45) is 5.92 Å². The Hall–Kier alpha value is -1.59. The number of likely N-dealkylation sites (tertiary alicyclic amines) is 1. The molecule has 5 nitrogen and oxygen atoms in total. The second kappa shape index (κ2) is 8.87. The molecule has 0 atom stereocenters. The maximum absolute atomic E-state index is 12.1. The molecule has 0 spiro atoms. The summed E-state index contributed by atoms with van der Waals surface area (Å²) in [4.78, 5) is 14.6. The minimum absolute atomic E-state index is 0.00932. The quantitative estimate of drug-likeness (QED) is 0.785. The van der Waals surface area contributed by atoms with Crippen LogP contribution in [0.25, 0.3) is 0 Å². The molecule has 0 bridgehead atoms. The van der Waals surface area contributed by atoms with Crippen LogP contribution in [0.4, 0.5) is 0 Å². The number of benzene rings is 1. The lowest BCUT2D eigenvalue weighted by atomic mass is 9.95. The van der Waals surface area contributed by atoms with E-state index in [0.29, 0.717) is 5.92 Å². The van der Waals surface area contributed by atoms with Crippen molar-refractivity contribution in [2.45, 2.75) is 57.1 Å². The highest BCUT2D eigenvalue weighted by molar-refractivity contribution is 5.77. The summed E-state index contributed by atoms with van der Waals surface area (Å²) >= 11 is 0. The number of carbonyl (C=O) groups excluding carboxylic acids is 1. The number of aliphatic hydroxyl groups is 1. The van der Waals surface area contributed by atoms with E-state index >= 15 is 0 Å². The summed E-state index contributed by atoms with van der Waals surface area (Å²) in [5, 5.41) is 13.4. The van der Waals surface area contributed by atoms with E-state index in [1.165, 1.54) is 5.56 Å². The highest BCUT2D eigenvalue weighted by Crippen LogP contribution is 2.32. The number of rotatable bonds is 7. The van der Waals surface area contributed by atoms with E-state index < -0.39 is 5.60 Å². The zero-order valence-electron chi connectivity index (χ0n) is 15.9. The van der Waals surface area contributed by atoms with Gasteiger partial charge in [-0.15, -0.1) is 0 Å². The van der Waals surface area contributed by atoms with Gasteiger partial charge < -0.3 is 15.2 Å². The predicted octanol–water partition coefficient (Wildman–Crippen LogP) is 2.72. The fourth-order valence-corrected chi connectivity index (χ4v) is 4.17. The van der Waals surface area contributed by atoms with Gasteiger partial charge in [0.1, 0.15) is 5.75 Å². The summed E-state index contributed by atoms with van der Waals surface area (Å²) in [5.41, 5.74) is 0.564. The van der Waals surface area contributed by atoms with Crippen LogP contribution in [-0.4, -0.2) is 48.3 Å². The van der Waals surface area contributed by atoms with Gasteiger partial charge in [-0.2, -0.15) is 0 Å². The van der Waals surface area contributed by atoms with E-state index in [0.717, 1.165) is 70.5 Å². The summed E-state index contributed by atoms with van der Waals surface area (Å²) in [6.07, 6.45) is 6.10. The molecule has 1 aliphatic heterocycles. The first-order valence-electron chi connectivity index (χ1n) is 9.91. The number of piperidine rings is 1. The van der Waals surface area contributed by atoms with Crippen LogP contribution in [0.2, 0.25) is 0 Å². The molecule has 144 valence electrons. The van der Waals surface area contributed by atoms with E-state index in [1.54, 1.807) is 7.11 Å². The van der Waals surface area contributed by atoms with Crippen molar-refractivity contribution in [1.82, 2.24) is 10.2 Å². The molecule has 0 radical (unpaired) electrons. The molecule has 26 heavy (non-hydrogen) atoms. The normalized spacial score (nSPS) is 20.8. The summed E-state index contributed by atoms with van der Waals surface area (Å²) in [6, 6.07) is 8.27. The summed E-state index contributed by atoms with van der Waals surface area (Å²) in [5.74, 6) is 1.45. The van der Waals surface area contributed by atoms with E-state index in [9.17, 15) is 9.90 Å². The Morgan fingerprint density at radius 3 is 2.50 bits per heavy atom. The van der Waals surface area contributed by atoms with Gasteiger partial charge in [0, 0.05) is 13.1 Å². The van der Waals surface area contributed by atoms with E-state index in [1.807, 2.05) is 12.1 Å². The lowest BCUT2D eigenvalue weighted by Gasteiger charge is -2.32. The van der Waals surface area contributed by atoms with E-state index in [2.05, 4.69) is 22.3 Å². The molecular weight excluding hydrogens is 328 g/mol. The number of hydrogen-bond acceptors (Lipinski definition) is 4. The van der Waals surface area contributed by atoms with Gasteiger partial charge in [0.15, 0.2) is 0 Å². The van der Waals surface area contributed by atoms with Crippen LogP contribution in [0, 0.1) is 5.92 Å². The fraction of sp³-hybridized carbons (Fsp3) is 0.667. The highest BCUT2D eigenvalue weighted by atomic mass is 16.5. The number of nitrogens with zero attached hydrogens (tertiary/aromatic N) is 1. The Bertz CT molecular complexity index is 573. The van der Waals surface area contributed by atoms with E-state index in [-0.39, 0.29) is 12.3 Å². The van der Waals surface area contributed by atoms with Gasteiger partial charge in [0.25, 0.3) is 0 Å². The maximum atomic E-state index is 12.1. The van der Waals surface area contributed by atoms with Crippen LogP contribution < -0.4 is 10.1 Å². The monoisotopic (exact) mass is 360 g/mol. The standard InChI is InChI=1S/C21H32N2O3/c1-26-19-6-4-18(5-7-19)16-23-12-8-17(9-13-23)15-22-20(24)14-21(25)10-2-3-11-21/h4-7,17,25H,2-3,8-16H2,1H3,(H,22,24). The average Bonchev–Trinajstić information content (AvgIpc) is 3.08. The first-order valence-corrected chi connectivity index (χ1v) is 9.91. The van der Waals surface area contributed by atoms with Crippen molar-refractivity contribution in [2.75, 3.05) is 26.7 Å². The first-order chi connectivity index (χ1) is 12.6. The smallest absolute Gasteiger partial charge is 0.222 e. The van der Waals surface area contributed by atoms with Crippen LogP contribution in [0.3, 0.4) is 0 Å². The van der Waals surface area contributed by atoms with Crippen LogP contribution in [0.5, 0.6) is 5.75 Å². The van der Waals surface area contributed by atoms with Crippen molar-refractivity contribution in [3.05, 3.63) is 29.8 Å². The number of hydrogen-bond donors (Lipinski definition) is 2. The summed E-state index contributed by atoms with van der Waals surface area (Å²) in [7, 11) is 1.69. The van der Waals surface area contributed by atoms with Crippen molar-refractivity contribution >= 4 is 5.91 Å². The molecule has 1 saturated carbocycles. The summed E-state index contributed by atoms with van der Waals surface area (Å²) in [6.45, 7) is 3.84. The van der Waals surface area contributed by atoms with Crippen LogP contribution >= 0.6 is 0 Å². The number of nitrogens with one attached hydrogen (secondary N) is 1. The van der Waals surface area contributed by atoms with Gasteiger partial charge in [-0.1, -0.05) is 25.0 Å². The maximum Gasteiger partial charge on any atom is 0.222 e. The van der Waals surface area contributed by atoms with Crippen molar-refractivity contribution in [3.8, 4) is 5.75 Å². The molecule has 1 saturated heterocycles. The average molecular weight is 360 g/mol. The molecule has 1 aromatic rings. The van der Waals surface area contributed by atoms with Gasteiger partial charge in [-0.05, 0) is 62.4 Å². The molecule has 0 unspecified atom stereocenters. The first kappa shape index (κ1) is 19.2. The molecule has 2 aliphatic rings. The molecule has 1 heterocycles. The van der Waals surface area contributed by atoms with Crippen molar-refractivity contribution in [3.63, 3.8) is 0 Å². The highest BCUT2D eigenvalue weighted by Gasteiger charge is 2.33. The number of amides is 1. The largest absolute Gasteiger partial charge is 0.497 e. The second-order valence-corrected chi connectivity index (χ2v) is 7.98. The van der Waals surface area contributed by atoms with Gasteiger partial charge >= 0.3 is 0 Å². The molecule has 5 heteroatoms. The lowest BCUT2D eigenvalue weighted by Crippen LogP contribution is -2.40. The molecule has 2 N–H and O–H groups in total. The van der Waals surface area contributed by atoms with Crippen LogP contribution in [0.15, 0.2) is 24.3 Å². The number of ether oxygens (including phenoxy) is 1.